The van der Waals surface area contributed by atoms with Gasteiger partial charge in [-0.25, -0.2) is 0 Å². The molecular formula is C9H16N2O. The lowest BCUT2D eigenvalue weighted by Crippen LogP contribution is -2.48. The zero-order valence-electron chi connectivity index (χ0n) is 7.85. The molecule has 0 aliphatic rings. The molecule has 0 rings (SSSR count). The van der Waals surface area contributed by atoms with Crippen molar-refractivity contribution in [3.05, 3.63) is 0 Å². The smallest absolute Gasteiger partial charge is 0.238 e. The molecule has 1 amide bonds. The Morgan fingerprint density at radius 1 is 1.67 bits per heavy atom. The highest BCUT2D eigenvalue weighted by Crippen LogP contribution is 2.16. The van der Waals surface area contributed by atoms with Gasteiger partial charge in [-0.05, 0) is 5.41 Å². The maximum absolute atomic E-state index is 11.2. The SMILES string of the molecule is C#CCNC(=O)C(N)C(C)(C)C. The molecule has 1 unspecified atom stereocenters. The van der Waals surface area contributed by atoms with Gasteiger partial charge in [-0.1, -0.05) is 26.7 Å². The summed E-state index contributed by atoms with van der Waals surface area (Å²) in [5, 5.41) is 2.54. The lowest BCUT2D eigenvalue weighted by molar-refractivity contribution is -0.124. The second kappa shape index (κ2) is 4.13. The molecule has 0 heterocycles. The van der Waals surface area contributed by atoms with Crippen LogP contribution in [0.2, 0.25) is 0 Å². The summed E-state index contributed by atoms with van der Waals surface area (Å²) in [6.07, 6.45) is 4.98. The molecule has 0 aliphatic carbocycles. The third kappa shape index (κ3) is 3.40. The lowest BCUT2D eigenvalue weighted by Gasteiger charge is -2.25. The molecule has 0 spiro atoms. The highest BCUT2D eigenvalue weighted by Gasteiger charge is 2.26. The van der Waals surface area contributed by atoms with Gasteiger partial charge in [0.1, 0.15) is 0 Å². The van der Waals surface area contributed by atoms with Gasteiger partial charge in [0.15, 0.2) is 0 Å². The number of rotatable bonds is 2. The number of terminal acetylenes is 1. The fourth-order valence-corrected chi connectivity index (χ4v) is 0.641. The van der Waals surface area contributed by atoms with Gasteiger partial charge in [0, 0.05) is 0 Å². The normalized spacial score (nSPS) is 13.2. The standard InChI is InChI=1S/C9H16N2O/c1-5-6-11-8(12)7(10)9(2,3)4/h1,7H,6,10H2,2-4H3,(H,11,12). The highest BCUT2D eigenvalue weighted by molar-refractivity contribution is 5.82. The van der Waals surface area contributed by atoms with Gasteiger partial charge < -0.3 is 11.1 Å². The summed E-state index contributed by atoms with van der Waals surface area (Å²) in [4.78, 5) is 11.2. The summed E-state index contributed by atoms with van der Waals surface area (Å²) in [7, 11) is 0. The molecule has 68 valence electrons. The van der Waals surface area contributed by atoms with Crippen LogP contribution in [-0.4, -0.2) is 18.5 Å². The molecule has 0 aliphatic heterocycles. The molecule has 3 nitrogen and oxygen atoms in total. The van der Waals surface area contributed by atoms with Crippen LogP contribution in [0, 0.1) is 17.8 Å². The van der Waals surface area contributed by atoms with Crippen molar-refractivity contribution < 1.29 is 4.79 Å². The number of hydrogen-bond donors (Lipinski definition) is 2. The van der Waals surface area contributed by atoms with Crippen LogP contribution in [0.1, 0.15) is 20.8 Å². The first-order chi connectivity index (χ1) is 5.39. The summed E-state index contributed by atoms with van der Waals surface area (Å²) in [6, 6.07) is -0.508. The van der Waals surface area contributed by atoms with Gasteiger partial charge in [0.05, 0.1) is 12.6 Å². The molecular weight excluding hydrogens is 152 g/mol. The van der Waals surface area contributed by atoms with E-state index in [1.165, 1.54) is 0 Å². The van der Waals surface area contributed by atoms with Crippen molar-refractivity contribution in [3.8, 4) is 12.3 Å². The maximum atomic E-state index is 11.2. The third-order valence-electron chi connectivity index (χ3n) is 1.58. The molecule has 1 atom stereocenters. The van der Waals surface area contributed by atoms with E-state index in [2.05, 4.69) is 11.2 Å². The molecule has 0 saturated heterocycles. The zero-order chi connectivity index (χ0) is 9.78. The molecule has 12 heavy (non-hydrogen) atoms. The number of nitrogens with two attached hydrogens (primary N) is 1. The van der Waals surface area contributed by atoms with Crippen LogP contribution in [0.15, 0.2) is 0 Å². The van der Waals surface area contributed by atoms with E-state index in [0.717, 1.165) is 0 Å². The highest BCUT2D eigenvalue weighted by atomic mass is 16.2. The first-order valence-electron chi connectivity index (χ1n) is 3.86. The van der Waals surface area contributed by atoms with E-state index in [1.807, 2.05) is 20.8 Å². The van der Waals surface area contributed by atoms with E-state index in [0.29, 0.717) is 0 Å². The summed E-state index contributed by atoms with van der Waals surface area (Å²) in [5.41, 5.74) is 5.43. The fourth-order valence-electron chi connectivity index (χ4n) is 0.641. The van der Waals surface area contributed by atoms with Crippen molar-refractivity contribution in [1.82, 2.24) is 5.32 Å². The summed E-state index contributed by atoms with van der Waals surface area (Å²) < 4.78 is 0. The van der Waals surface area contributed by atoms with Crippen LogP contribution in [-0.2, 0) is 4.79 Å². The molecule has 0 aromatic carbocycles. The van der Waals surface area contributed by atoms with Crippen LogP contribution in [0.25, 0.3) is 0 Å². The average Bonchev–Trinajstić information content (AvgIpc) is 1.97. The Morgan fingerprint density at radius 2 is 2.17 bits per heavy atom. The average molecular weight is 168 g/mol. The Labute approximate surface area is 73.7 Å². The van der Waals surface area contributed by atoms with E-state index in [9.17, 15) is 4.79 Å². The molecule has 0 saturated carbocycles. The third-order valence-corrected chi connectivity index (χ3v) is 1.58. The second-order valence-electron chi connectivity index (χ2n) is 3.77. The van der Waals surface area contributed by atoms with Gasteiger partial charge in [-0.15, -0.1) is 6.42 Å². The van der Waals surface area contributed by atoms with Crippen LogP contribution >= 0.6 is 0 Å². The molecule has 3 N–H and O–H groups in total. The van der Waals surface area contributed by atoms with Crippen LogP contribution in [0.4, 0.5) is 0 Å². The summed E-state index contributed by atoms with van der Waals surface area (Å²) >= 11 is 0. The minimum absolute atomic E-state index is 0.194. The minimum Gasteiger partial charge on any atom is -0.344 e. The van der Waals surface area contributed by atoms with Gasteiger partial charge >= 0.3 is 0 Å². The number of carbonyl (C=O) groups excluding carboxylic acids is 1. The molecule has 0 bridgehead atoms. The molecule has 0 aromatic heterocycles. The first-order valence-corrected chi connectivity index (χ1v) is 3.86. The van der Waals surface area contributed by atoms with Gasteiger partial charge in [-0.2, -0.15) is 0 Å². The second-order valence-corrected chi connectivity index (χ2v) is 3.77. The Balaban J connectivity index is 4.04. The Bertz CT molecular complexity index is 198. The molecule has 3 heteroatoms. The van der Waals surface area contributed by atoms with Gasteiger partial charge in [-0.3, -0.25) is 4.79 Å². The summed E-state index contributed by atoms with van der Waals surface area (Å²) in [6.45, 7) is 5.97. The minimum atomic E-state index is -0.508. The lowest BCUT2D eigenvalue weighted by atomic mass is 9.87. The predicted molar refractivity (Wildman–Crippen MR) is 49.3 cm³/mol. The largest absolute Gasteiger partial charge is 0.344 e. The van der Waals surface area contributed by atoms with E-state index in [4.69, 9.17) is 12.2 Å². The van der Waals surface area contributed by atoms with E-state index in [1.54, 1.807) is 0 Å². The molecule has 0 aromatic rings. The monoisotopic (exact) mass is 168 g/mol. The molecule has 0 fully saturated rings. The topological polar surface area (TPSA) is 55.1 Å². The zero-order valence-corrected chi connectivity index (χ0v) is 7.85. The van der Waals surface area contributed by atoms with Crippen molar-refractivity contribution in [1.29, 1.82) is 0 Å². The van der Waals surface area contributed by atoms with Crippen molar-refractivity contribution >= 4 is 5.91 Å². The van der Waals surface area contributed by atoms with Crippen LogP contribution in [0.3, 0.4) is 0 Å². The quantitative estimate of drug-likeness (QED) is 0.575. The Hall–Kier alpha value is -1.01. The number of nitrogens with one attached hydrogen (secondary N) is 1. The van der Waals surface area contributed by atoms with Crippen molar-refractivity contribution in [2.45, 2.75) is 26.8 Å². The number of amides is 1. The van der Waals surface area contributed by atoms with Gasteiger partial charge in [0.25, 0.3) is 0 Å². The summed E-state index contributed by atoms with van der Waals surface area (Å²) in [5.74, 6) is 2.12. The molecule has 0 radical (unpaired) electrons. The Kier molecular flexibility index (Phi) is 3.78. The number of hydrogen-bond acceptors (Lipinski definition) is 2. The number of carbonyl (C=O) groups is 1. The predicted octanol–water partition coefficient (Wildman–Crippen LogP) is 0.109. The van der Waals surface area contributed by atoms with Crippen molar-refractivity contribution in [3.63, 3.8) is 0 Å². The van der Waals surface area contributed by atoms with E-state index >= 15 is 0 Å². The van der Waals surface area contributed by atoms with Crippen molar-refractivity contribution in [2.24, 2.45) is 11.1 Å². The fraction of sp³-hybridized carbons (Fsp3) is 0.667. The van der Waals surface area contributed by atoms with Crippen LogP contribution in [0.5, 0.6) is 0 Å². The Morgan fingerprint density at radius 3 is 2.50 bits per heavy atom. The van der Waals surface area contributed by atoms with Crippen molar-refractivity contribution in [2.75, 3.05) is 6.54 Å². The van der Waals surface area contributed by atoms with Crippen LogP contribution < -0.4 is 11.1 Å². The van der Waals surface area contributed by atoms with E-state index in [-0.39, 0.29) is 17.9 Å². The van der Waals surface area contributed by atoms with Gasteiger partial charge in [0.2, 0.25) is 5.91 Å². The van der Waals surface area contributed by atoms with E-state index < -0.39 is 6.04 Å². The maximum Gasteiger partial charge on any atom is 0.238 e. The first kappa shape index (κ1) is 11.0.